The van der Waals surface area contributed by atoms with Crippen molar-refractivity contribution in [1.82, 2.24) is 4.31 Å². The average molecular weight is 388 g/mol. The van der Waals surface area contributed by atoms with E-state index in [1.807, 2.05) is 24.3 Å². The van der Waals surface area contributed by atoms with Crippen LogP contribution in [-0.2, 0) is 27.7 Å². The van der Waals surface area contributed by atoms with E-state index in [0.717, 1.165) is 17.7 Å². The Balaban J connectivity index is 1.70. The molecular weight excluding hydrogens is 364 g/mol. The van der Waals surface area contributed by atoms with Gasteiger partial charge < -0.3 is 9.64 Å². The fourth-order valence-electron chi connectivity index (χ4n) is 3.05. The van der Waals surface area contributed by atoms with Crippen molar-refractivity contribution in [3.8, 4) is 5.75 Å². The summed E-state index contributed by atoms with van der Waals surface area (Å²) in [7, 11) is -0.478. The SMILES string of the molecule is CCc1ccc(OCC(=O)N2CCc3cc(S(=O)(=O)N(C)C)ccc32)cc1. The summed E-state index contributed by atoms with van der Waals surface area (Å²) in [4.78, 5) is 14.5. The lowest BCUT2D eigenvalue weighted by atomic mass is 10.2. The molecule has 0 aromatic heterocycles. The largest absolute Gasteiger partial charge is 0.484 e. The first-order chi connectivity index (χ1) is 12.8. The highest BCUT2D eigenvalue weighted by molar-refractivity contribution is 7.89. The minimum absolute atomic E-state index is 0.0529. The van der Waals surface area contributed by atoms with Gasteiger partial charge in [0.15, 0.2) is 6.61 Å². The Labute approximate surface area is 160 Å². The van der Waals surface area contributed by atoms with Crippen molar-refractivity contribution in [1.29, 1.82) is 0 Å². The number of rotatable bonds is 6. The summed E-state index contributed by atoms with van der Waals surface area (Å²) < 4.78 is 31.4. The highest BCUT2D eigenvalue weighted by Crippen LogP contribution is 2.31. The Morgan fingerprint density at radius 3 is 2.48 bits per heavy atom. The van der Waals surface area contributed by atoms with E-state index in [1.165, 1.54) is 24.0 Å². The third-order valence-electron chi connectivity index (χ3n) is 4.72. The quantitative estimate of drug-likeness (QED) is 0.762. The molecule has 0 spiro atoms. The normalized spacial score (nSPS) is 13.7. The standard InChI is InChI=1S/C20H24N2O4S/c1-4-15-5-7-17(8-6-15)26-14-20(23)22-12-11-16-13-18(9-10-19(16)22)27(24,25)21(2)3/h5-10,13H,4,11-12,14H2,1-3H3. The van der Waals surface area contributed by atoms with E-state index < -0.39 is 10.0 Å². The molecular formula is C20H24N2O4S. The molecule has 0 N–H and O–H groups in total. The van der Waals surface area contributed by atoms with Crippen LogP contribution in [0.25, 0.3) is 0 Å². The van der Waals surface area contributed by atoms with Crippen LogP contribution in [0.3, 0.4) is 0 Å². The lowest BCUT2D eigenvalue weighted by Crippen LogP contribution is -2.33. The molecule has 2 aromatic rings. The summed E-state index contributed by atoms with van der Waals surface area (Å²) in [5.41, 5.74) is 2.83. The fourth-order valence-corrected chi connectivity index (χ4v) is 4.01. The Hall–Kier alpha value is -2.38. The van der Waals surface area contributed by atoms with Gasteiger partial charge in [-0.05, 0) is 54.3 Å². The summed E-state index contributed by atoms with van der Waals surface area (Å²) in [6, 6.07) is 12.6. The van der Waals surface area contributed by atoms with Crippen molar-refractivity contribution in [2.45, 2.75) is 24.7 Å². The maximum absolute atomic E-state index is 12.6. The second-order valence-electron chi connectivity index (χ2n) is 6.66. The Kier molecular flexibility index (Phi) is 5.53. The van der Waals surface area contributed by atoms with E-state index in [0.29, 0.717) is 18.7 Å². The number of hydrogen-bond donors (Lipinski definition) is 0. The molecule has 0 fully saturated rings. The molecule has 3 rings (SSSR count). The third-order valence-corrected chi connectivity index (χ3v) is 6.53. The Morgan fingerprint density at radius 2 is 1.85 bits per heavy atom. The maximum Gasteiger partial charge on any atom is 0.264 e. The van der Waals surface area contributed by atoms with Gasteiger partial charge in [0.25, 0.3) is 5.91 Å². The molecule has 1 aliphatic heterocycles. The van der Waals surface area contributed by atoms with E-state index in [2.05, 4.69) is 6.92 Å². The van der Waals surface area contributed by atoms with E-state index in [1.54, 1.807) is 23.1 Å². The number of amides is 1. The van der Waals surface area contributed by atoms with Gasteiger partial charge in [-0.3, -0.25) is 4.79 Å². The molecule has 1 heterocycles. The molecule has 0 unspecified atom stereocenters. The predicted octanol–water partition coefficient (Wildman–Crippen LogP) is 2.47. The van der Waals surface area contributed by atoms with Gasteiger partial charge in [-0.1, -0.05) is 19.1 Å². The molecule has 0 saturated heterocycles. The second-order valence-corrected chi connectivity index (χ2v) is 8.81. The first kappa shape index (κ1) is 19.4. The van der Waals surface area contributed by atoms with E-state index in [4.69, 9.17) is 4.74 Å². The van der Waals surface area contributed by atoms with Crippen LogP contribution in [0.1, 0.15) is 18.1 Å². The van der Waals surface area contributed by atoms with Gasteiger partial charge in [0.1, 0.15) is 5.75 Å². The average Bonchev–Trinajstić information content (AvgIpc) is 3.09. The van der Waals surface area contributed by atoms with Gasteiger partial charge in [0, 0.05) is 26.3 Å². The number of nitrogens with zero attached hydrogens (tertiary/aromatic N) is 2. The maximum atomic E-state index is 12.6. The molecule has 2 aromatic carbocycles. The zero-order valence-corrected chi connectivity index (χ0v) is 16.6. The summed E-state index contributed by atoms with van der Waals surface area (Å²) in [5.74, 6) is 0.518. The molecule has 0 atom stereocenters. The number of fused-ring (bicyclic) bond motifs is 1. The van der Waals surface area contributed by atoms with Gasteiger partial charge in [-0.25, -0.2) is 12.7 Å². The Bertz CT molecular complexity index is 937. The third kappa shape index (κ3) is 3.99. The molecule has 0 bridgehead atoms. The molecule has 27 heavy (non-hydrogen) atoms. The van der Waals surface area contributed by atoms with Crippen molar-refractivity contribution in [3.63, 3.8) is 0 Å². The number of aryl methyl sites for hydroxylation is 1. The van der Waals surface area contributed by atoms with Gasteiger partial charge in [0.05, 0.1) is 4.90 Å². The van der Waals surface area contributed by atoms with Crippen molar-refractivity contribution >= 4 is 21.6 Å². The van der Waals surface area contributed by atoms with Crippen molar-refractivity contribution in [2.75, 3.05) is 32.1 Å². The summed E-state index contributed by atoms with van der Waals surface area (Å²) in [6.45, 7) is 2.56. The molecule has 1 amide bonds. The lowest BCUT2D eigenvalue weighted by Gasteiger charge is -2.18. The predicted molar refractivity (Wildman–Crippen MR) is 105 cm³/mol. The second kappa shape index (κ2) is 7.70. The number of hydrogen-bond acceptors (Lipinski definition) is 4. The molecule has 0 aliphatic carbocycles. The zero-order chi connectivity index (χ0) is 19.6. The molecule has 0 saturated carbocycles. The van der Waals surface area contributed by atoms with Gasteiger partial charge in [-0.15, -0.1) is 0 Å². The summed E-state index contributed by atoms with van der Waals surface area (Å²) in [5, 5.41) is 0. The van der Waals surface area contributed by atoms with Gasteiger partial charge in [-0.2, -0.15) is 0 Å². The zero-order valence-electron chi connectivity index (χ0n) is 15.8. The fraction of sp³-hybridized carbons (Fsp3) is 0.350. The van der Waals surface area contributed by atoms with Crippen LogP contribution in [0.4, 0.5) is 5.69 Å². The van der Waals surface area contributed by atoms with Crippen LogP contribution in [0.5, 0.6) is 5.75 Å². The minimum atomic E-state index is -3.48. The minimum Gasteiger partial charge on any atom is -0.484 e. The van der Waals surface area contributed by atoms with Crippen LogP contribution in [0.2, 0.25) is 0 Å². The highest BCUT2D eigenvalue weighted by Gasteiger charge is 2.27. The molecule has 7 heteroatoms. The van der Waals surface area contributed by atoms with Crippen LogP contribution >= 0.6 is 0 Å². The highest BCUT2D eigenvalue weighted by atomic mass is 32.2. The number of carbonyl (C=O) groups excluding carboxylic acids is 1. The summed E-state index contributed by atoms with van der Waals surface area (Å²) in [6.07, 6.45) is 1.58. The van der Waals surface area contributed by atoms with Crippen LogP contribution in [-0.4, -0.2) is 45.9 Å². The first-order valence-corrected chi connectivity index (χ1v) is 10.3. The monoisotopic (exact) mass is 388 g/mol. The lowest BCUT2D eigenvalue weighted by molar-refractivity contribution is -0.120. The smallest absolute Gasteiger partial charge is 0.264 e. The van der Waals surface area contributed by atoms with Crippen molar-refractivity contribution in [2.24, 2.45) is 0 Å². The number of carbonyl (C=O) groups is 1. The van der Waals surface area contributed by atoms with E-state index >= 15 is 0 Å². The number of sulfonamides is 1. The first-order valence-electron chi connectivity index (χ1n) is 8.90. The number of benzene rings is 2. The topological polar surface area (TPSA) is 66.9 Å². The van der Waals surface area contributed by atoms with E-state index in [9.17, 15) is 13.2 Å². The van der Waals surface area contributed by atoms with Crippen molar-refractivity contribution < 1.29 is 17.9 Å². The molecule has 144 valence electrons. The van der Waals surface area contributed by atoms with Crippen LogP contribution < -0.4 is 9.64 Å². The van der Waals surface area contributed by atoms with Gasteiger partial charge >= 0.3 is 0 Å². The van der Waals surface area contributed by atoms with Crippen LogP contribution in [0.15, 0.2) is 47.4 Å². The molecule has 1 aliphatic rings. The van der Waals surface area contributed by atoms with E-state index in [-0.39, 0.29) is 17.4 Å². The Morgan fingerprint density at radius 1 is 1.15 bits per heavy atom. The van der Waals surface area contributed by atoms with Crippen molar-refractivity contribution in [3.05, 3.63) is 53.6 Å². The molecule has 0 radical (unpaired) electrons. The number of anilines is 1. The summed E-state index contributed by atoms with van der Waals surface area (Å²) >= 11 is 0. The van der Waals surface area contributed by atoms with Crippen LogP contribution in [0, 0.1) is 0 Å². The van der Waals surface area contributed by atoms with Gasteiger partial charge in [0.2, 0.25) is 10.0 Å². The number of ether oxygens (including phenoxy) is 1. The molecule has 6 nitrogen and oxygen atoms in total.